The Bertz CT molecular complexity index is 694. The minimum Gasteiger partial charge on any atom is -0.381 e. The fourth-order valence-electron chi connectivity index (χ4n) is 3.45. The van der Waals surface area contributed by atoms with Crippen molar-refractivity contribution in [1.82, 2.24) is 5.32 Å². The fourth-order valence-corrected chi connectivity index (χ4v) is 3.45. The molecule has 1 amide bonds. The van der Waals surface area contributed by atoms with E-state index >= 15 is 0 Å². The van der Waals surface area contributed by atoms with Gasteiger partial charge in [0.05, 0.1) is 5.41 Å². The Morgan fingerprint density at radius 2 is 1.76 bits per heavy atom. The number of hydrogen-bond acceptors (Lipinski definition) is 2. The van der Waals surface area contributed by atoms with Crippen LogP contribution in [0, 0.1) is 5.82 Å². The van der Waals surface area contributed by atoms with Crippen LogP contribution in [-0.2, 0) is 14.9 Å². The number of amides is 1. The van der Waals surface area contributed by atoms with Gasteiger partial charge in [0, 0.05) is 19.8 Å². The van der Waals surface area contributed by atoms with E-state index in [4.69, 9.17) is 4.74 Å². The lowest BCUT2D eigenvalue weighted by molar-refractivity contribution is -0.130. The molecule has 0 aliphatic carbocycles. The van der Waals surface area contributed by atoms with Crippen LogP contribution in [0.5, 0.6) is 0 Å². The van der Waals surface area contributed by atoms with Crippen LogP contribution in [0.3, 0.4) is 0 Å². The topological polar surface area (TPSA) is 38.3 Å². The van der Waals surface area contributed by atoms with Gasteiger partial charge in [0.15, 0.2) is 0 Å². The van der Waals surface area contributed by atoms with E-state index in [0.29, 0.717) is 32.6 Å². The zero-order chi connectivity index (χ0) is 17.7. The maximum Gasteiger partial charge on any atom is 0.230 e. The second-order valence-corrected chi connectivity index (χ2v) is 6.72. The van der Waals surface area contributed by atoms with Crippen molar-refractivity contribution in [3.63, 3.8) is 0 Å². The normalized spacial score (nSPS) is 17.7. The molecule has 0 spiro atoms. The number of benzene rings is 2. The highest BCUT2D eigenvalue weighted by atomic mass is 19.1. The molecule has 1 fully saturated rings. The van der Waals surface area contributed by atoms with Crippen molar-refractivity contribution in [2.75, 3.05) is 19.8 Å². The highest BCUT2D eigenvalue weighted by Gasteiger charge is 2.41. The Kier molecular flexibility index (Phi) is 5.49. The monoisotopic (exact) mass is 341 g/mol. The van der Waals surface area contributed by atoms with E-state index < -0.39 is 5.41 Å². The van der Waals surface area contributed by atoms with Crippen molar-refractivity contribution >= 4 is 5.91 Å². The second kappa shape index (κ2) is 7.79. The molecule has 1 aliphatic heterocycles. The molecule has 3 nitrogen and oxygen atoms in total. The molecule has 0 bridgehead atoms. The van der Waals surface area contributed by atoms with Crippen molar-refractivity contribution < 1.29 is 13.9 Å². The summed E-state index contributed by atoms with van der Waals surface area (Å²) in [6.07, 6.45) is 1.23. The first-order valence-electron chi connectivity index (χ1n) is 8.79. The van der Waals surface area contributed by atoms with Crippen LogP contribution in [0.2, 0.25) is 0 Å². The molecule has 25 heavy (non-hydrogen) atoms. The molecule has 4 heteroatoms. The Labute approximate surface area is 148 Å². The SMILES string of the molecule is C[C@@H](CNC(=O)C1(c2ccc(F)cc2)CCOCC1)c1ccccc1. The average molecular weight is 341 g/mol. The first-order chi connectivity index (χ1) is 12.1. The third kappa shape index (κ3) is 3.90. The molecule has 0 saturated carbocycles. The van der Waals surface area contributed by atoms with Gasteiger partial charge < -0.3 is 10.1 Å². The maximum absolute atomic E-state index is 13.3. The number of hydrogen-bond donors (Lipinski definition) is 1. The summed E-state index contributed by atoms with van der Waals surface area (Å²) in [7, 11) is 0. The molecule has 1 N–H and O–H groups in total. The summed E-state index contributed by atoms with van der Waals surface area (Å²) in [5, 5.41) is 3.12. The minimum absolute atomic E-state index is 0.00480. The summed E-state index contributed by atoms with van der Waals surface area (Å²) in [6, 6.07) is 16.4. The fraction of sp³-hybridized carbons (Fsp3) is 0.381. The van der Waals surface area contributed by atoms with Crippen molar-refractivity contribution in [2.24, 2.45) is 0 Å². The van der Waals surface area contributed by atoms with E-state index in [1.165, 1.54) is 17.7 Å². The van der Waals surface area contributed by atoms with Gasteiger partial charge in [-0.3, -0.25) is 4.79 Å². The summed E-state index contributed by atoms with van der Waals surface area (Å²) in [4.78, 5) is 13.1. The predicted molar refractivity (Wildman–Crippen MR) is 96.0 cm³/mol. The molecular formula is C21H24FNO2. The number of nitrogens with one attached hydrogen (secondary N) is 1. The molecule has 1 saturated heterocycles. The highest BCUT2D eigenvalue weighted by Crippen LogP contribution is 2.35. The van der Waals surface area contributed by atoms with Crippen LogP contribution in [0.25, 0.3) is 0 Å². The number of ether oxygens (including phenoxy) is 1. The number of carbonyl (C=O) groups excluding carboxylic acids is 1. The van der Waals surface area contributed by atoms with E-state index in [1.54, 1.807) is 12.1 Å². The Morgan fingerprint density at radius 3 is 2.40 bits per heavy atom. The lowest BCUT2D eigenvalue weighted by atomic mass is 9.73. The molecule has 1 atom stereocenters. The molecule has 132 valence electrons. The molecular weight excluding hydrogens is 317 g/mol. The third-order valence-corrected chi connectivity index (χ3v) is 5.12. The third-order valence-electron chi connectivity index (χ3n) is 5.12. The molecule has 2 aromatic carbocycles. The van der Waals surface area contributed by atoms with Gasteiger partial charge in [-0.05, 0) is 42.0 Å². The van der Waals surface area contributed by atoms with Crippen LogP contribution in [0.15, 0.2) is 54.6 Å². The summed E-state index contributed by atoms with van der Waals surface area (Å²) >= 11 is 0. The molecule has 1 heterocycles. The summed E-state index contributed by atoms with van der Waals surface area (Å²) in [6.45, 7) is 3.76. The van der Waals surface area contributed by atoms with Gasteiger partial charge in [-0.15, -0.1) is 0 Å². The molecule has 1 aliphatic rings. The van der Waals surface area contributed by atoms with Gasteiger partial charge in [-0.2, -0.15) is 0 Å². The van der Waals surface area contributed by atoms with Gasteiger partial charge in [0.25, 0.3) is 0 Å². The molecule has 3 rings (SSSR count). The second-order valence-electron chi connectivity index (χ2n) is 6.72. The van der Waals surface area contributed by atoms with Gasteiger partial charge >= 0.3 is 0 Å². The van der Waals surface area contributed by atoms with Crippen molar-refractivity contribution in [3.05, 3.63) is 71.5 Å². The number of halogens is 1. The standard InChI is InChI=1S/C21H24FNO2/c1-16(17-5-3-2-4-6-17)15-23-20(24)21(11-13-25-14-12-21)18-7-9-19(22)10-8-18/h2-10,16H,11-15H2,1H3,(H,23,24)/t16-/m0/s1. The van der Waals surface area contributed by atoms with Crippen molar-refractivity contribution in [3.8, 4) is 0 Å². The first kappa shape index (κ1) is 17.6. The highest BCUT2D eigenvalue weighted by molar-refractivity contribution is 5.88. The predicted octanol–water partition coefficient (Wildman–Crippen LogP) is 3.79. The van der Waals surface area contributed by atoms with E-state index in [1.807, 2.05) is 18.2 Å². The summed E-state index contributed by atoms with van der Waals surface area (Å²) in [5.74, 6) is -0.0514. The first-order valence-corrected chi connectivity index (χ1v) is 8.79. The average Bonchev–Trinajstić information content (AvgIpc) is 2.67. The maximum atomic E-state index is 13.3. The van der Waals surface area contributed by atoms with Crippen molar-refractivity contribution in [1.29, 1.82) is 0 Å². The van der Waals surface area contributed by atoms with Crippen LogP contribution in [0.1, 0.15) is 36.8 Å². The van der Waals surface area contributed by atoms with Gasteiger partial charge in [-0.1, -0.05) is 49.4 Å². The summed E-state index contributed by atoms with van der Waals surface area (Å²) in [5.41, 5.74) is 1.43. The van der Waals surface area contributed by atoms with E-state index in [9.17, 15) is 9.18 Å². The summed E-state index contributed by atoms with van der Waals surface area (Å²) < 4.78 is 18.8. The number of rotatable bonds is 5. The van der Waals surface area contributed by atoms with E-state index in [-0.39, 0.29) is 17.6 Å². The van der Waals surface area contributed by atoms with Gasteiger partial charge in [0.2, 0.25) is 5.91 Å². The molecule has 0 aromatic heterocycles. The van der Waals surface area contributed by atoms with E-state index in [0.717, 1.165) is 5.56 Å². The van der Waals surface area contributed by atoms with Gasteiger partial charge in [-0.25, -0.2) is 4.39 Å². The Balaban J connectivity index is 1.75. The lowest BCUT2D eigenvalue weighted by Gasteiger charge is -2.36. The number of carbonyl (C=O) groups is 1. The van der Waals surface area contributed by atoms with Crippen molar-refractivity contribution in [2.45, 2.75) is 31.1 Å². The smallest absolute Gasteiger partial charge is 0.230 e. The van der Waals surface area contributed by atoms with Crippen LogP contribution in [0.4, 0.5) is 4.39 Å². The van der Waals surface area contributed by atoms with Crippen LogP contribution < -0.4 is 5.32 Å². The molecule has 0 unspecified atom stereocenters. The molecule has 0 radical (unpaired) electrons. The quantitative estimate of drug-likeness (QED) is 0.898. The van der Waals surface area contributed by atoms with Gasteiger partial charge in [0.1, 0.15) is 5.82 Å². The largest absolute Gasteiger partial charge is 0.381 e. The Morgan fingerprint density at radius 1 is 1.12 bits per heavy atom. The lowest BCUT2D eigenvalue weighted by Crippen LogP contribution is -2.48. The minimum atomic E-state index is -0.637. The molecule has 2 aromatic rings. The van der Waals surface area contributed by atoms with E-state index in [2.05, 4.69) is 24.4 Å². The zero-order valence-electron chi connectivity index (χ0n) is 14.5. The Hall–Kier alpha value is -2.20. The zero-order valence-corrected chi connectivity index (χ0v) is 14.5. The van der Waals surface area contributed by atoms with Crippen LogP contribution in [-0.4, -0.2) is 25.7 Å². The van der Waals surface area contributed by atoms with Crippen LogP contribution >= 0.6 is 0 Å².